The fraction of sp³-hybridized carbons (Fsp3) is 0.250. The highest BCUT2D eigenvalue weighted by Crippen LogP contribution is 2.27. The fourth-order valence-corrected chi connectivity index (χ4v) is 1.79. The Hall–Kier alpha value is -1.92. The first-order valence-corrected chi connectivity index (χ1v) is 5.84. The molecule has 2 rings (SSSR count). The Balaban J connectivity index is 2.33. The smallest absolute Gasteiger partial charge is 0.188 e. The molecule has 0 N–H and O–H groups in total. The van der Waals surface area contributed by atoms with E-state index >= 15 is 0 Å². The number of carbonyl (C=O) groups excluding carboxylic acids is 1. The summed E-state index contributed by atoms with van der Waals surface area (Å²) in [6.07, 6.45) is 0.663. The number of benzene rings is 1. The number of nitrogens with zero attached hydrogens (tertiary/aromatic N) is 3. The van der Waals surface area contributed by atoms with Crippen molar-refractivity contribution in [2.45, 2.75) is 6.92 Å². The maximum Gasteiger partial charge on any atom is 0.188 e. The van der Waals surface area contributed by atoms with Crippen LogP contribution in [-0.4, -0.2) is 35.2 Å². The van der Waals surface area contributed by atoms with E-state index in [-0.39, 0.29) is 6.79 Å². The van der Waals surface area contributed by atoms with Gasteiger partial charge in [-0.3, -0.25) is 4.79 Å². The van der Waals surface area contributed by atoms with Crippen LogP contribution in [0.25, 0.3) is 5.69 Å². The molecule has 1 aromatic heterocycles. The molecular weight excluding hydrogens is 270 g/mol. The first-order chi connectivity index (χ1) is 9.17. The van der Waals surface area contributed by atoms with Gasteiger partial charge in [-0.1, -0.05) is 16.8 Å². The third-order valence-corrected chi connectivity index (χ3v) is 2.83. The van der Waals surface area contributed by atoms with Gasteiger partial charge in [-0.2, -0.15) is 0 Å². The van der Waals surface area contributed by atoms with Crippen LogP contribution in [-0.2, 0) is 4.74 Å². The number of ether oxygens (including phenoxy) is 2. The quantitative estimate of drug-likeness (QED) is 0.620. The van der Waals surface area contributed by atoms with Crippen LogP contribution in [0.15, 0.2) is 18.2 Å². The lowest BCUT2D eigenvalue weighted by Crippen LogP contribution is -2.02. The highest BCUT2D eigenvalue weighted by Gasteiger charge is 2.11. The van der Waals surface area contributed by atoms with Crippen molar-refractivity contribution in [1.82, 2.24) is 15.0 Å². The van der Waals surface area contributed by atoms with Crippen LogP contribution in [0.1, 0.15) is 16.2 Å². The Kier molecular flexibility index (Phi) is 4.13. The molecule has 0 radical (unpaired) electrons. The summed E-state index contributed by atoms with van der Waals surface area (Å²) in [5.41, 5.74) is 1.65. The van der Waals surface area contributed by atoms with Crippen molar-refractivity contribution in [3.05, 3.63) is 34.6 Å². The van der Waals surface area contributed by atoms with Crippen molar-refractivity contribution in [2.24, 2.45) is 0 Å². The molecule has 0 bridgehead atoms. The van der Waals surface area contributed by atoms with E-state index in [1.807, 2.05) is 0 Å². The van der Waals surface area contributed by atoms with Gasteiger partial charge in [0.05, 0.1) is 16.4 Å². The molecule has 0 amide bonds. The molecule has 7 heteroatoms. The van der Waals surface area contributed by atoms with E-state index in [2.05, 4.69) is 10.3 Å². The minimum absolute atomic E-state index is 0.122. The standard InChI is InChI=1S/C12H12ClN3O3/c1-8-11(6-17)14-15-16(8)9-3-4-12(10(13)5-9)19-7-18-2/h3-6H,7H2,1-2H3. The zero-order chi connectivity index (χ0) is 13.8. The number of hydrogen-bond donors (Lipinski definition) is 0. The van der Waals surface area contributed by atoms with Crippen LogP contribution in [0.4, 0.5) is 0 Å². The summed E-state index contributed by atoms with van der Waals surface area (Å²) >= 11 is 6.10. The molecule has 1 heterocycles. The second-order valence-electron chi connectivity index (χ2n) is 3.76. The Bertz CT molecular complexity index is 598. The first kappa shape index (κ1) is 13.5. The highest BCUT2D eigenvalue weighted by molar-refractivity contribution is 6.32. The zero-order valence-electron chi connectivity index (χ0n) is 10.5. The summed E-state index contributed by atoms with van der Waals surface area (Å²) in [5, 5.41) is 8.09. The molecule has 0 unspecified atom stereocenters. The number of rotatable bonds is 5. The molecule has 19 heavy (non-hydrogen) atoms. The van der Waals surface area contributed by atoms with Crippen molar-refractivity contribution < 1.29 is 14.3 Å². The predicted molar refractivity (Wildman–Crippen MR) is 69.0 cm³/mol. The molecule has 0 spiro atoms. The molecule has 0 saturated carbocycles. The van der Waals surface area contributed by atoms with Crippen LogP contribution >= 0.6 is 11.6 Å². The molecule has 0 aliphatic heterocycles. The van der Waals surface area contributed by atoms with Crippen molar-refractivity contribution in [3.8, 4) is 11.4 Å². The largest absolute Gasteiger partial charge is 0.466 e. The topological polar surface area (TPSA) is 66.2 Å². The number of carbonyl (C=O) groups is 1. The molecule has 0 atom stereocenters. The van der Waals surface area contributed by atoms with Gasteiger partial charge in [0.15, 0.2) is 13.1 Å². The summed E-state index contributed by atoms with van der Waals surface area (Å²) in [4.78, 5) is 10.7. The Morgan fingerprint density at radius 2 is 2.26 bits per heavy atom. The van der Waals surface area contributed by atoms with Crippen LogP contribution in [0, 0.1) is 6.92 Å². The Morgan fingerprint density at radius 1 is 1.47 bits per heavy atom. The van der Waals surface area contributed by atoms with Gasteiger partial charge in [0.1, 0.15) is 11.4 Å². The van der Waals surface area contributed by atoms with Crippen molar-refractivity contribution >= 4 is 17.9 Å². The summed E-state index contributed by atoms with van der Waals surface area (Å²) in [6, 6.07) is 5.16. The van der Waals surface area contributed by atoms with Gasteiger partial charge in [-0.05, 0) is 25.1 Å². The van der Waals surface area contributed by atoms with Crippen LogP contribution < -0.4 is 4.74 Å². The molecule has 0 aliphatic carbocycles. The number of methoxy groups -OCH3 is 1. The molecule has 0 saturated heterocycles. The first-order valence-electron chi connectivity index (χ1n) is 5.46. The van der Waals surface area contributed by atoms with Crippen LogP contribution in [0.2, 0.25) is 5.02 Å². The van der Waals surface area contributed by atoms with Gasteiger partial charge in [0.2, 0.25) is 0 Å². The summed E-state index contributed by atoms with van der Waals surface area (Å²) < 4.78 is 11.6. The van der Waals surface area contributed by atoms with E-state index in [1.54, 1.807) is 25.1 Å². The Labute approximate surface area is 114 Å². The molecular formula is C12H12ClN3O3. The molecule has 0 fully saturated rings. The molecule has 6 nitrogen and oxygen atoms in total. The van der Waals surface area contributed by atoms with E-state index in [0.717, 1.165) is 0 Å². The maximum absolute atomic E-state index is 10.7. The molecule has 100 valence electrons. The van der Waals surface area contributed by atoms with Gasteiger partial charge in [-0.15, -0.1) is 5.10 Å². The van der Waals surface area contributed by atoms with Gasteiger partial charge < -0.3 is 9.47 Å². The Morgan fingerprint density at radius 3 is 2.84 bits per heavy atom. The van der Waals surface area contributed by atoms with E-state index in [9.17, 15) is 4.79 Å². The number of halogens is 1. The van der Waals surface area contributed by atoms with Gasteiger partial charge >= 0.3 is 0 Å². The minimum atomic E-state index is 0.122. The SMILES string of the molecule is COCOc1ccc(-n2nnc(C=O)c2C)cc1Cl. The van der Waals surface area contributed by atoms with E-state index < -0.39 is 0 Å². The number of aldehydes is 1. The van der Waals surface area contributed by atoms with E-state index in [0.29, 0.717) is 34.1 Å². The summed E-state index contributed by atoms with van der Waals surface area (Å²) in [7, 11) is 1.53. The van der Waals surface area contributed by atoms with E-state index in [4.69, 9.17) is 21.1 Å². The number of hydrogen-bond acceptors (Lipinski definition) is 5. The average Bonchev–Trinajstić information content (AvgIpc) is 2.78. The van der Waals surface area contributed by atoms with Crippen LogP contribution in [0.5, 0.6) is 5.75 Å². The summed E-state index contributed by atoms with van der Waals surface area (Å²) in [6.45, 7) is 1.88. The minimum Gasteiger partial charge on any atom is -0.466 e. The number of aromatic nitrogens is 3. The molecule has 2 aromatic rings. The van der Waals surface area contributed by atoms with Crippen LogP contribution in [0.3, 0.4) is 0 Å². The lowest BCUT2D eigenvalue weighted by molar-refractivity contribution is 0.0512. The third-order valence-electron chi connectivity index (χ3n) is 2.53. The average molecular weight is 282 g/mol. The monoisotopic (exact) mass is 281 g/mol. The maximum atomic E-state index is 10.7. The zero-order valence-corrected chi connectivity index (χ0v) is 11.2. The molecule has 1 aromatic carbocycles. The fourth-order valence-electron chi connectivity index (χ4n) is 1.56. The highest BCUT2D eigenvalue weighted by atomic mass is 35.5. The van der Waals surface area contributed by atoms with Gasteiger partial charge in [0.25, 0.3) is 0 Å². The van der Waals surface area contributed by atoms with Crippen molar-refractivity contribution in [3.63, 3.8) is 0 Å². The predicted octanol–water partition coefficient (Wildman–Crippen LogP) is 2.02. The lowest BCUT2D eigenvalue weighted by Gasteiger charge is -2.09. The third kappa shape index (κ3) is 2.74. The molecule has 0 aliphatic rings. The summed E-state index contributed by atoms with van der Waals surface area (Å²) in [5.74, 6) is 0.514. The normalized spacial score (nSPS) is 10.5. The second-order valence-corrected chi connectivity index (χ2v) is 4.16. The van der Waals surface area contributed by atoms with E-state index in [1.165, 1.54) is 11.8 Å². The van der Waals surface area contributed by atoms with Gasteiger partial charge in [-0.25, -0.2) is 4.68 Å². The lowest BCUT2D eigenvalue weighted by atomic mass is 10.3. The van der Waals surface area contributed by atoms with Crippen molar-refractivity contribution in [1.29, 1.82) is 0 Å². The second kappa shape index (κ2) is 5.81. The van der Waals surface area contributed by atoms with Crippen molar-refractivity contribution in [2.75, 3.05) is 13.9 Å². The van der Waals surface area contributed by atoms with Gasteiger partial charge in [0, 0.05) is 7.11 Å².